The summed E-state index contributed by atoms with van der Waals surface area (Å²) in [5, 5.41) is 2.93. The summed E-state index contributed by atoms with van der Waals surface area (Å²) in [6.07, 6.45) is 0. The summed E-state index contributed by atoms with van der Waals surface area (Å²) < 4.78 is 51.4. The highest BCUT2D eigenvalue weighted by Crippen LogP contribution is 2.29. The molecule has 0 amide bonds. The molecule has 21 heavy (non-hydrogen) atoms. The van der Waals surface area contributed by atoms with Crippen molar-refractivity contribution < 1.29 is 22.3 Å². The van der Waals surface area contributed by atoms with Crippen LogP contribution in [-0.4, -0.2) is 13.7 Å². The molecule has 114 valence electrons. The van der Waals surface area contributed by atoms with E-state index in [1.54, 1.807) is 19.1 Å². The lowest BCUT2D eigenvalue weighted by Crippen LogP contribution is -2.24. The van der Waals surface area contributed by atoms with Gasteiger partial charge in [-0.1, -0.05) is 6.92 Å². The van der Waals surface area contributed by atoms with Gasteiger partial charge in [-0.2, -0.15) is 0 Å². The lowest BCUT2D eigenvalue weighted by Gasteiger charge is -2.17. The zero-order valence-corrected chi connectivity index (χ0v) is 11.8. The fraction of sp³-hybridized carbons (Fsp3) is 0.333. The summed E-state index contributed by atoms with van der Waals surface area (Å²) in [7, 11) is 1.52. The summed E-state index contributed by atoms with van der Waals surface area (Å²) in [6.45, 7) is 2.51. The zero-order valence-electron chi connectivity index (χ0n) is 11.8. The first-order valence-corrected chi connectivity index (χ1v) is 6.52. The molecule has 0 fully saturated rings. The zero-order chi connectivity index (χ0) is 15.4. The van der Waals surface area contributed by atoms with Crippen LogP contribution in [0, 0.1) is 17.5 Å². The molecule has 0 spiro atoms. The van der Waals surface area contributed by atoms with Crippen LogP contribution in [0.15, 0.2) is 28.7 Å². The number of hydrogen-bond acceptors (Lipinski definition) is 3. The number of methoxy groups -OCH3 is 1. The summed E-state index contributed by atoms with van der Waals surface area (Å²) >= 11 is 0. The van der Waals surface area contributed by atoms with E-state index in [1.165, 1.54) is 7.11 Å². The third-order valence-corrected chi connectivity index (χ3v) is 2.99. The van der Waals surface area contributed by atoms with Gasteiger partial charge in [-0.3, -0.25) is 0 Å². The van der Waals surface area contributed by atoms with E-state index in [4.69, 9.17) is 9.15 Å². The quantitative estimate of drug-likeness (QED) is 0.886. The van der Waals surface area contributed by atoms with Crippen molar-refractivity contribution in [3.8, 4) is 0 Å². The Kier molecular flexibility index (Phi) is 5.03. The molecule has 0 aliphatic carbocycles. The Labute approximate surface area is 120 Å². The van der Waals surface area contributed by atoms with E-state index < -0.39 is 23.5 Å². The van der Waals surface area contributed by atoms with E-state index in [0.717, 1.165) is 0 Å². The lowest BCUT2D eigenvalue weighted by atomic mass is 10.0. The summed E-state index contributed by atoms with van der Waals surface area (Å²) in [6, 6.07) is 3.76. The number of furan rings is 1. The maximum atomic E-state index is 13.9. The van der Waals surface area contributed by atoms with E-state index >= 15 is 0 Å². The van der Waals surface area contributed by atoms with Crippen molar-refractivity contribution in [1.29, 1.82) is 0 Å². The van der Waals surface area contributed by atoms with Crippen LogP contribution < -0.4 is 5.32 Å². The fourth-order valence-electron chi connectivity index (χ4n) is 2.15. The van der Waals surface area contributed by atoms with Gasteiger partial charge in [0.1, 0.15) is 35.6 Å². The number of hydrogen-bond donors (Lipinski definition) is 1. The predicted molar refractivity (Wildman–Crippen MR) is 71.3 cm³/mol. The maximum Gasteiger partial charge on any atom is 0.134 e. The van der Waals surface area contributed by atoms with Crippen LogP contribution in [0.3, 0.4) is 0 Å². The Balaban J connectivity index is 2.43. The molecule has 1 unspecified atom stereocenters. The van der Waals surface area contributed by atoms with Crippen LogP contribution in [0.25, 0.3) is 0 Å². The molecule has 3 nitrogen and oxygen atoms in total. The highest BCUT2D eigenvalue weighted by molar-refractivity contribution is 5.30. The molecule has 1 atom stereocenters. The Hall–Kier alpha value is -1.79. The molecule has 0 radical (unpaired) electrons. The largest absolute Gasteiger partial charge is 0.462 e. The molecule has 1 N–H and O–H groups in total. The average molecular weight is 299 g/mol. The van der Waals surface area contributed by atoms with E-state index in [2.05, 4.69) is 5.32 Å². The van der Waals surface area contributed by atoms with Crippen molar-refractivity contribution in [2.45, 2.75) is 19.6 Å². The second-order valence-electron chi connectivity index (χ2n) is 4.51. The summed E-state index contributed by atoms with van der Waals surface area (Å²) in [5.74, 6) is -1.98. The van der Waals surface area contributed by atoms with E-state index in [1.807, 2.05) is 0 Å². The monoisotopic (exact) mass is 299 g/mol. The first-order chi connectivity index (χ1) is 10.1. The molecule has 1 aromatic carbocycles. The number of benzene rings is 1. The molecule has 1 aromatic heterocycles. The Morgan fingerprint density at radius 1 is 1.19 bits per heavy atom. The maximum absolute atomic E-state index is 13.9. The number of ether oxygens (including phenoxy) is 1. The topological polar surface area (TPSA) is 34.4 Å². The third-order valence-electron chi connectivity index (χ3n) is 2.99. The molecule has 0 aliphatic rings. The Bertz CT molecular complexity index is 590. The molecule has 0 bridgehead atoms. The minimum Gasteiger partial charge on any atom is -0.462 e. The van der Waals surface area contributed by atoms with Gasteiger partial charge in [0.05, 0.1) is 6.04 Å². The van der Waals surface area contributed by atoms with E-state index in [0.29, 0.717) is 30.2 Å². The highest BCUT2D eigenvalue weighted by Gasteiger charge is 2.25. The Morgan fingerprint density at radius 3 is 2.43 bits per heavy atom. The molecule has 1 heterocycles. The van der Waals surface area contributed by atoms with Gasteiger partial charge in [-0.15, -0.1) is 0 Å². The second-order valence-corrected chi connectivity index (χ2v) is 4.51. The van der Waals surface area contributed by atoms with E-state index in [9.17, 15) is 13.2 Å². The summed E-state index contributed by atoms with van der Waals surface area (Å²) in [4.78, 5) is 0. The highest BCUT2D eigenvalue weighted by atomic mass is 19.1. The van der Waals surface area contributed by atoms with Crippen molar-refractivity contribution in [1.82, 2.24) is 5.32 Å². The SMILES string of the molecule is CCNC(c1ccc(COC)o1)c1c(F)cc(F)cc1F. The van der Waals surface area contributed by atoms with Crippen LogP contribution >= 0.6 is 0 Å². The molecule has 2 aromatic rings. The average Bonchev–Trinajstić information content (AvgIpc) is 2.85. The van der Waals surface area contributed by atoms with Crippen molar-refractivity contribution in [2.24, 2.45) is 0 Å². The van der Waals surface area contributed by atoms with Gasteiger partial charge in [0, 0.05) is 24.8 Å². The number of nitrogens with one attached hydrogen (secondary N) is 1. The normalized spacial score (nSPS) is 12.6. The van der Waals surface area contributed by atoms with Gasteiger partial charge < -0.3 is 14.5 Å². The van der Waals surface area contributed by atoms with E-state index in [-0.39, 0.29) is 12.2 Å². The minimum absolute atomic E-state index is 0.257. The molecule has 0 aliphatic heterocycles. The molecule has 0 saturated heterocycles. The minimum atomic E-state index is -0.955. The van der Waals surface area contributed by atoms with Crippen molar-refractivity contribution in [3.63, 3.8) is 0 Å². The van der Waals surface area contributed by atoms with Crippen molar-refractivity contribution in [3.05, 3.63) is 58.8 Å². The molecular formula is C15H16F3NO2. The van der Waals surface area contributed by atoms with Crippen LogP contribution in [0.2, 0.25) is 0 Å². The lowest BCUT2D eigenvalue weighted by molar-refractivity contribution is 0.162. The van der Waals surface area contributed by atoms with Gasteiger partial charge >= 0.3 is 0 Å². The van der Waals surface area contributed by atoms with Crippen molar-refractivity contribution in [2.75, 3.05) is 13.7 Å². The Morgan fingerprint density at radius 2 is 1.86 bits per heavy atom. The van der Waals surface area contributed by atoms with Gasteiger partial charge in [0.15, 0.2) is 0 Å². The van der Waals surface area contributed by atoms with Gasteiger partial charge in [-0.05, 0) is 18.7 Å². The standard InChI is InChI=1S/C15H16F3NO2/c1-3-19-15(13-5-4-10(21-13)8-20-2)14-11(17)6-9(16)7-12(14)18/h4-7,15,19H,3,8H2,1-2H3. The first-order valence-electron chi connectivity index (χ1n) is 6.52. The molecular weight excluding hydrogens is 283 g/mol. The van der Waals surface area contributed by atoms with Gasteiger partial charge in [0.25, 0.3) is 0 Å². The van der Waals surface area contributed by atoms with Crippen LogP contribution in [-0.2, 0) is 11.3 Å². The molecule has 0 saturated carbocycles. The first kappa shape index (κ1) is 15.6. The number of rotatable bonds is 6. The summed E-state index contributed by atoms with van der Waals surface area (Å²) in [5.41, 5.74) is -0.267. The molecule has 2 rings (SSSR count). The number of halogens is 3. The fourth-order valence-corrected chi connectivity index (χ4v) is 2.15. The predicted octanol–water partition coefficient (Wildman–Crippen LogP) is 3.54. The third kappa shape index (κ3) is 3.46. The van der Waals surface area contributed by atoms with Crippen LogP contribution in [0.1, 0.15) is 30.0 Å². The smallest absolute Gasteiger partial charge is 0.134 e. The van der Waals surface area contributed by atoms with Crippen LogP contribution in [0.4, 0.5) is 13.2 Å². The second kappa shape index (κ2) is 6.78. The van der Waals surface area contributed by atoms with Crippen molar-refractivity contribution >= 4 is 0 Å². The molecule has 6 heteroatoms. The van der Waals surface area contributed by atoms with Gasteiger partial charge in [-0.25, -0.2) is 13.2 Å². The van der Waals surface area contributed by atoms with Gasteiger partial charge in [0.2, 0.25) is 0 Å². The van der Waals surface area contributed by atoms with Crippen LogP contribution in [0.5, 0.6) is 0 Å².